The molecule has 14 nitrogen and oxygen atoms in total. The first-order valence-corrected chi connectivity index (χ1v) is 14.1. The van der Waals surface area contributed by atoms with Gasteiger partial charge in [-0.15, -0.1) is 0 Å². The number of nitrogens with zero attached hydrogens (tertiary/aromatic N) is 2. The molecular weight excluding hydrogens is 491 g/mol. The minimum atomic E-state index is -5.74. The van der Waals surface area contributed by atoms with Crippen molar-refractivity contribution in [3.05, 3.63) is 28.3 Å². The normalized spacial score (nSPS) is 24.8. The van der Waals surface area contributed by atoms with E-state index in [2.05, 4.69) is 18.1 Å². The zero-order valence-electron chi connectivity index (χ0n) is 17.2. The van der Waals surface area contributed by atoms with Crippen LogP contribution >= 0.6 is 23.2 Å². The SMILES string of the molecule is CC/C=C/c1cn([C@H]2CC[C@@H](COP(=O)([O-])OP(=O)([O-])OP(=O)([O-])CC)O2)c(=O)nc1N.[HH].[HH]. The summed E-state index contributed by atoms with van der Waals surface area (Å²) in [5.41, 5.74) is 5.58. The van der Waals surface area contributed by atoms with Crippen LogP contribution in [0.3, 0.4) is 0 Å². The molecule has 1 aromatic rings. The maximum Gasteiger partial charge on any atom is 0.351 e. The van der Waals surface area contributed by atoms with E-state index in [0.717, 1.165) is 13.3 Å². The molecule has 0 aliphatic carbocycles. The van der Waals surface area contributed by atoms with Gasteiger partial charge in [-0.2, -0.15) is 4.98 Å². The summed E-state index contributed by atoms with van der Waals surface area (Å²) >= 11 is 0. The Morgan fingerprint density at radius 1 is 1.25 bits per heavy atom. The van der Waals surface area contributed by atoms with Crippen LogP contribution < -0.4 is 26.1 Å². The van der Waals surface area contributed by atoms with Gasteiger partial charge >= 0.3 is 5.69 Å². The largest absolute Gasteiger partial charge is 0.778 e. The Kier molecular flexibility index (Phi) is 9.17. The lowest BCUT2D eigenvalue weighted by molar-refractivity contribution is -0.245. The van der Waals surface area contributed by atoms with Crippen LogP contribution in [-0.2, 0) is 31.6 Å². The van der Waals surface area contributed by atoms with Gasteiger partial charge in [0.05, 0.1) is 12.7 Å². The Morgan fingerprint density at radius 2 is 1.94 bits per heavy atom. The Morgan fingerprint density at radius 3 is 2.56 bits per heavy atom. The number of hydrogen-bond donors (Lipinski definition) is 1. The summed E-state index contributed by atoms with van der Waals surface area (Å²) < 4.78 is 53.3. The Hall–Kier alpha value is -1.17. The fourth-order valence-corrected chi connectivity index (χ4v) is 6.22. The Bertz CT molecular complexity index is 1050. The second-order valence-electron chi connectivity index (χ2n) is 6.65. The number of nitrogen functional groups attached to an aromatic ring is 1. The average Bonchev–Trinajstić information content (AvgIpc) is 3.13. The summed E-state index contributed by atoms with van der Waals surface area (Å²) in [6.45, 7) is 2.37. The molecule has 0 radical (unpaired) electrons. The summed E-state index contributed by atoms with van der Waals surface area (Å²) in [6.07, 6.45) is 3.98. The van der Waals surface area contributed by atoms with E-state index < -0.39 is 54.0 Å². The summed E-state index contributed by atoms with van der Waals surface area (Å²) in [6, 6.07) is 0. The molecule has 1 aromatic heterocycles. The fraction of sp³-hybridized carbons (Fsp3) is 0.600. The molecule has 17 heteroatoms. The number of ether oxygens (including phenoxy) is 1. The van der Waals surface area contributed by atoms with Gasteiger partial charge in [0, 0.05) is 20.8 Å². The van der Waals surface area contributed by atoms with E-state index in [0.29, 0.717) is 12.0 Å². The first-order valence-electron chi connectivity index (χ1n) is 9.47. The van der Waals surface area contributed by atoms with Gasteiger partial charge in [-0.3, -0.25) is 18.0 Å². The number of anilines is 1. The van der Waals surface area contributed by atoms with E-state index in [4.69, 9.17) is 10.5 Å². The third kappa shape index (κ3) is 8.00. The van der Waals surface area contributed by atoms with E-state index in [-0.39, 0.29) is 15.1 Å². The minimum Gasteiger partial charge on any atom is -0.778 e. The third-order valence-corrected chi connectivity index (χ3v) is 8.80. The number of allylic oxidation sites excluding steroid dienone is 1. The highest BCUT2D eigenvalue weighted by Gasteiger charge is 2.30. The zero-order valence-corrected chi connectivity index (χ0v) is 19.9. The van der Waals surface area contributed by atoms with Crippen LogP contribution in [-0.4, -0.2) is 28.4 Å². The predicted octanol–water partition coefficient (Wildman–Crippen LogP) is 0.978. The van der Waals surface area contributed by atoms with Gasteiger partial charge in [-0.1, -0.05) is 26.0 Å². The van der Waals surface area contributed by atoms with E-state index in [1.165, 1.54) is 10.8 Å². The lowest BCUT2D eigenvalue weighted by atomic mass is 10.2. The second-order valence-corrected chi connectivity index (χ2v) is 11.9. The van der Waals surface area contributed by atoms with Crippen molar-refractivity contribution in [1.82, 2.24) is 9.55 Å². The van der Waals surface area contributed by atoms with Gasteiger partial charge in [0.15, 0.2) is 0 Å². The van der Waals surface area contributed by atoms with Gasteiger partial charge in [-0.25, -0.2) is 9.11 Å². The molecule has 186 valence electrons. The summed E-state index contributed by atoms with van der Waals surface area (Å²) in [5.74, 6) is 0.0493. The van der Waals surface area contributed by atoms with Crippen LogP contribution in [0.5, 0.6) is 0 Å². The van der Waals surface area contributed by atoms with Crippen molar-refractivity contribution in [2.24, 2.45) is 0 Å². The van der Waals surface area contributed by atoms with Crippen molar-refractivity contribution in [2.75, 3.05) is 18.5 Å². The van der Waals surface area contributed by atoms with Crippen LogP contribution in [0.15, 0.2) is 17.1 Å². The molecule has 1 aliphatic rings. The molecule has 1 aliphatic heterocycles. The van der Waals surface area contributed by atoms with Crippen molar-refractivity contribution in [1.29, 1.82) is 0 Å². The summed E-state index contributed by atoms with van der Waals surface area (Å²) in [7, 11) is -16.1. The minimum absolute atomic E-state index is 0. The maximum atomic E-state index is 12.2. The van der Waals surface area contributed by atoms with Crippen molar-refractivity contribution >= 4 is 35.1 Å². The van der Waals surface area contributed by atoms with Crippen LogP contribution in [0, 0.1) is 0 Å². The molecule has 1 fully saturated rings. The molecular formula is C15H27N3O11P3-3. The van der Waals surface area contributed by atoms with E-state index in [1.807, 2.05) is 13.0 Å². The monoisotopic (exact) mass is 518 g/mol. The number of hydrogen-bond acceptors (Lipinski definition) is 13. The lowest BCUT2D eigenvalue weighted by Crippen LogP contribution is -2.29. The maximum absolute atomic E-state index is 12.2. The highest BCUT2D eigenvalue weighted by molar-refractivity contribution is 7.66. The first kappa shape index (κ1) is 27.1. The smallest absolute Gasteiger partial charge is 0.351 e. The van der Waals surface area contributed by atoms with E-state index in [9.17, 15) is 33.2 Å². The molecule has 2 N–H and O–H groups in total. The molecule has 0 aromatic carbocycles. The number of rotatable bonds is 11. The molecule has 0 spiro atoms. The van der Waals surface area contributed by atoms with Gasteiger partial charge in [0.25, 0.3) is 15.6 Å². The highest BCUT2D eigenvalue weighted by atomic mass is 31.3. The van der Waals surface area contributed by atoms with Crippen molar-refractivity contribution in [2.45, 2.75) is 45.4 Å². The molecule has 5 atom stereocenters. The number of phosphoric acid groups is 2. The molecule has 32 heavy (non-hydrogen) atoms. The zero-order chi connectivity index (χ0) is 24.2. The van der Waals surface area contributed by atoms with Crippen molar-refractivity contribution in [3.63, 3.8) is 0 Å². The molecule has 3 unspecified atom stereocenters. The van der Waals surface area contributed by atoms with Gasteiger partial charge < -0.3 is 34.2 Å². The summed E-state index contributed by atoms with van der Waals surface area (Å²) in [5, 5.41) is 0. The van der Waals surface area contributed by atoms with Crippen LogP contribution in [0.4, 0.5) is 5.82 Å². The van der Waals surface area contributed by atoms with Crippen LogP contribution in [0.1, 0.15) is 47.8 Å². The van der Waals surface area contributed by atoms with Crippen molar-refractivity contribution < 1.29 is 49.1 Å². The number of phosphoric ester groups is 1. The standard InChI is InChI=1S/C15H26N3O11P3.2H2/c1-3-5-6-11-9-18(15(19)17-14(11)16)13-8-7-12(27-13)10-26-31(22,23)29-32(24,25)28-30(20,21)4-2;;/h5-6,9,12-13H,3-4,7-8,10H2,1-2H3,(H,20,21)(H,22,23)(H,24,25)(H2,16,17,19);2*1H/p-3/b6-5+;;/t12-,13+;;/m0../s1. The molecule has 2 heterocycles. The Labute approximate surface area is 186 Å². The molecule has 0 saturated carbocycles. The van der Waals surface area contributed by atoms with Crippen LogP contribution in [0.2, 0.25) is 0 Å². The molecule has 0 bridgehead atoms. The molecule has 2 rings (SSSR count). The second kappa shape index (κ2) is 10.8. The topological polar surface area (TPSA) is 218 Å². The van der Waals surface area contributed by atoms with E-state index in [1.54, 1.807) is 6.08 Å². The molecule has 0 amide bonds. The van der Waals surface area contributed by atoms with Gasteiger partial charge in [0.2, 0.25) is 0 Å². The van der Waals surface area contributed by atoms with E-state index >= 15 is 0 Å². The quantitative estimate of drug-likeness (QED) is 0.404. The Balaban J connectivity index is 0.00000544. The fourth-order valence-electron chi connectivity index (χ4n) is 2.64. The summed E-state index contributed by atoms with van der Waals surface area (Å²) in [4.78, 5) is 50.4. The number of nitrogens with two attached hydrogens (primary N) is 1. The van der Waals surface area contributed by atoms with Gasteiger partial charge in [0.1, 0.15) is 19.6 Å². The van der Waals surface area contributed by atoms with Gasteiger partial charge in [-0.05, 0) is 19.3 Å². The highest BCUT2D eigenvalue weighted by Crippen LogP contribution is 2.62. The number of aromatic nitrogens is 2. The van der Waals surface area contributed by atoms with Crippen LogP contribution in [0.25, 0.3) is 6.08 Å². The lowest BCUT2D eigenvalue weighted by Gasteiger charge is -2.34. The first-order chi connectivity index (χ1) is 14.8. The molecule has 1 saturated heterocycles. The average molecular weight is 518 g/mol. The third-order valence-electron chi connectivity index (χ3n) is 4.17. The predicted molar refractivity (Wildman–Crippen MR) is 111 cm³/mol. The van der Waals surface area contributed by atoms with Crippen molar-refractivity contribution in [3.8, 4) is 0 Å².